The molecule has 120 valence electrons. The van der Waals surface area contributed by atoms with Gasteiger partial charge in [0.25, 0.3) is 0 Å². The number of benzene rings is 2. The first kappa shape index (κ1) is 16.5. The molecule has 2 aromatic rings. The predicted octanol–water partition coefficient (Wildman–Crippen LogP) is 5.47. The summed E-state index contributed by atoms with van der Waals surface area (Å²) in [5.41, 5.74) is 8.75. The van der Waals surface area contributed by atoms with Crippen LogP contribution in [0.4, 0.5) is 0 Å². The topological polar surface area (TPSA) is 38.4 Å². The van der Waals surface area contributed by atoms with Crippen LogP contribution in [0.3, 0.4) is 0 Å². The summed E-state index contributed by atoms with van der Waals surface area (Å²) in [4.78, 5) is 0. The molecule has 0 spiro atoms. The molecule has 2 N–H and O–H groups in total. The Kier molecular flexibility index (Phi) is 4.84. The maximum atomic E-state index is 5.68. The van der Waals surface area contributed by atoms with Crippen molar-refractivity contribution in [3.63, 3.8) is 0 Å². The van der Waals surface area contributed by atoms with Crippen molar-refractivity contribution in [1.82, 2.24) is 0 Å². The molecule has 0 radical (unpaired) electrons. The van der Waals surface area contributed by atoms with Crippen molar-refractivity contribution in [3.05, 3.63) is 95.1 Å². The molecule has 0 fully saturated rings. The van der Waals surface area contributed by atoms with Crippen LogP contribution < -0.4 is 5.14 Å². The third kappa shape index (κ3) is 2.88. The Balaban J connectivity index is 2.28. The van der Waals surface area contributed by atoms with Crippen molar-refractivity contribution in [3.8, 4) is 0 Å². The van der Waals surface area contributed by atoms with Gasteiger partial charge in [0.05, 0.1) is 17.8 Å². The highest BCUT2D eigenvalue weighted by atomic mass is 32.2. The first-order valence-electron chi connectivity index (χ1n) is 7.82. The van der Waals surface area contributed by atoms with Gasteiger partial charge in [-0.25, -0.2) is 0 Å². The van der Waals surface area contributed by atoms with Crippen molar-refractivity contribution in [2.75, 3.05) is 0 Å². The zero-order valence-corrected chi connectivity index (χ0v) is 14.7. The Morgan fingerprint density at radius 1 is 0.792 bits per heavy atom. The van der Waals surface area contributed by atoms with Crippen molar-refractivity contribution in [1.29, 1.82) is 0 Å². The second-order valence-electron chi connectivity index (χ2n) is 5.76. The van der Waals surface area contributed by atoms with Crippen LogP contribution in [0, 0.1) is 0 Å². The first-order chi connectivity index (χ1) is 11.6. The first-order valence-corrected chi connectivity index (χ1v) is 8.65. The number of hydrogen-bond donors (Lipinski definition) is 1. The van der Waals surface area contributed by atoms with Gasteiger partial charge in [-0.2, -0.15) is 4.40 Å². The van der Waals surface area contributed by atoms with Crippen LogP contribution in [0.2, 0.25) is 0 Å². The van der Waals surface area contributed by atoms with Gasteiger partial charge in [0, 0.05) is 11.1 Å². The van der Waals surface area contributed by atoms with Crippen LogP contribution in [0.15, 0.2) is 88.4 Å². The van der Waals surface area contributed by atoms with Crippen molar-refractivity contribution >= 4 is 29.0 Å². The lowest BCUT2D eigenvalue weighted by atomic mass is 9.78. The molecule has 24 heavy (non-hydrogen) atoms. The van der Waals surface area contributed by atoms with E-state index in [1.54, 1.807) is 0 Å². The maximum Gasteiger partial charge on any atom is 0.0881 e. The lowest BCUT2D eigenvalue weighted by Gasteiger charge is -2.27. The van der Waals surface area contributed by atoms with Gasteiger partial charge in [-0.05, 0) is 41.7 Å². The van der Waals surface area contributed by atoms with Crippen LogP contribution in [-0.4, -0.2) is 5.71 Å². The number of allylic oxidation sites excluding steroid dienone is 5. The van der Waals surface area contributed by atoms with Crippen LogP contribution in [0.5, 0.6) is 0 Å². The van der Waals surface area contributed by atoms with Gasteiger partial charge in [0.1, 0.15) is 0 Å². The zero-order chi connectivity index (χ0) is 17.1. The second-order valence-corrected chi connectivity index (χ2v) is 6.15. The summed E-state index contributed by atoms with van der Waals surface area (Å²) in [7, 11) is 0. The minimum absolute atomic E-state index is 0.857. The molecule has 1 aliphatic carbocycles. The van der Waals surface area contributed by atoms with E-state index in [1.807, 2.05) is 36.4 Å². The molecule has 0 saturated heterocycles. The fourth-order valence-corrected chi connectivity index (χ4v) is 3.46. The van der Waals surface area contributed by atoms with E-state index < -0.39 is 0 Å². The van der Waals surface area contributed by atoms with E-state index in [-0.39, 0.29) is 0 Å². The standard InChI is InChI=1S/C21H20N2S/c1-14-15(2)20(18-12-8-5-9-13-18)21(23-24-22)16(3)19(14)17-10-6-4-7-11-17/h4-13H,3,22H2,1-2H3/b23-21+. The summed E-state index contributed by atoms with van der Waals surface area (Å²) >= 11 is 0.981. The molecule has 0 aromatic heterocycles. The molecule has 2 nitrogen and oxygen atoms in total. The third-order valence-electron chi connectivity index (χ3n) is 4.41. The lowest BCUT2D eigenvalue weighted by molar-refractivity contribution is 1.33. The Bertz CT molecular complexity index is 859. The largest absolute Gasteiger partial charge is 0.258 e. The number of hydrogen-bond acceptors (Lipinski definition) is 3. The summed E-state index contributed by atoms with van der Waals surface area (Å²) in [6.07, 6.45) is 0. The molecule has 0 amide bonds. The molecule has 3 heteroatoms. The summed E-state index contributed by atoms with van der Waals surface area (Å²) in [5.74, 6) is 0. The fraction of sp³-hybridized carbons (Fsp3) is 0.0952. The fourth-order valence-electron chi connectivity index (χ4n) is 3.16. The van der Waals surface area contributed by atoms with E-state index >= 15 is 0 Å². The summed E-state index contributed by atoms with van der Waals surface area (Å²) < 4.78 is 4.50. The van der Waals surface area contributed by atoms with Crippen LogP contribution in [-0.2, 0) is 0 Å². The molecular weight excluding hydrogens is 312 g/mol. The lowest BCUT2D eigenvalue weighted by Crippen LogP contribution is -2.15. The Labute approximate surface area is 147 Å². The van der Waals surface area contributed by atoms with Crippen LogP contribution in [0.1, 0.15) is 25.0 Å². The Hall–Kier alpha value is -2.36. The van der Waals surface area contributed by atoms with Gasteiger partial charge >= 0.3 is 0 Å². The van der Waals surface area contributed by atoms with Crippen LogP contribution >= 0.6 is 12.1 Å². The molecule has 3 rings (SSSR count). The summed E-state index contributed by atoms with van der Waals surface area (Å²) in [6, 6.07) is 20.6. The van der Waals surface area contributed by atoms with Crippen molar-refractivity contribution < 1.29 is 0 Å². The van der Waals surface area contributed by atoms with E-state index in [1.165, 1.54) is 11.1 Å². The SMILES string of the molecule is C=C1C(c2ccccc2)=C(C)C(C)=C(c2ccccc2)/C1=N/SN. The van der Waals surface area contributed by atoms with E-state index in [2.05, 4.69) is 49.1 Å². The quantitative estimate of drug-likeness (QED) is 0.757. The Morgan fingerprint density at radius 2 is 1.25 bits per heavy atom. The highest BCUT2D eigenvalue weighted by Gasteiger charge is 2.27. The van der Waals surface area contributed by atoms with E-state index in [0.717, 1.165) is 45.7 Å². The molecular formula is C21H20N2S. The smallest absolute Gasteiger partial charge is 0.0881 e. The average molecular weight is 332 g/mol. The van der Waals surface area contributed by atoms with E-state index in [9.17, 15) is 0 Å². The zero-order valence-electron chi connectivity index (χ0n) is 13.9. The van der Waals surface area contributed by atoms with E-state index in [0.29, 0.717) is 0 Å². The van der Waals surface area contributed by atoms with Gasteiger partial charge < -0.3 is 0 Å². The molecule has 0 atom stereocenters. The highest BCUT2D eigenvalue weighted by molar-refractivity contribution is 7.96. The monoisotopic (exact) mass is 332 g/mol. The van der Waals surface area contributed by atoms with Crippen molar-refractivity contribution in [2.24, 2.45) is 9.54 Å². The van der Waals surface area contributed by atoms with Gasteiger partial charge in [0.2, 0.25) is 0 Å². The molecule has 0 heterocycles. The molecule has 1 aliphatic rings. The van der Waals surface area contributed by atoms with E-state index in [4.69, 9.17) is 5.14 Å². The van der Waals surface area contributed by atoms with Crippen molar-refractivity contribution in [2.45, 2.75) is 13.8 Å². The van der Waals surface area contributed by atoms with Gasteiger partial charge in [-0.1, -0.05) is 67.2 Å². The molecule has 2 aromatic carbocycles. The molecule has 0 aliphatic heterocycles. The number of nitrogens with zero attached hydrogens (tertiary/aromatic N) is 1. The van der Waals surface area contributed by atoms with Gasteiger partial charge in [-0.15, -0.1) is 0 Å². The average Bonchev–Trinajstić information content (AvgIpc) is 2.62. The van der Waals surface area contributed by atoms with Crippen LogP contribution in [0.25, 0.3) is 11.1 Å². The third-order valence-corrected chi connectivity index (χ3v) is 4.69. The number of rotatable bonds is 3. The Morgan fingerprint density at radius 3 is 1.75 bits per heavy atom. The summed E-state index contributed by atoms with van der Waals surface area (Å²) in [5, 5.41) is 5.68. The minimum Gasteiger partial charge on any atom is -0.258 e. The predicted molar refractivity (Wildman–Crippen MR) is 106 cm³/mol. The normalized spacial score (nSPS) is 17.0. The minimum atomic E-state index is 0.857. The second kappa shape index (κ2) is 7.04. The maximum absolute atomic E-state index is 5.68. The number of nitrogens with two attached hydrogens (primary N) is 1. The highest BCUT2D eigenvalue weighted by Crippen LogP contribution is 2.41. The summed E-state index contributed by atoms with van der Waals surface area (Å²) in [6.45, 7) is 8.63. The molecule has 0 bridgehead atoms. The van der Waals surface area contributed by atoms with Gasteiger partial charge in [0.15, 0.2) is 0 Å². The molecule has 0 saturated carbocycles. The molecule has 0 unspecified atom stereocenters. The van der Waals surface area contributed by atoms with Gasteiger partial charge in [-0.3, -0.25) is 5.14 Å².